The van der Waals surface area contributed by atoms with Crippen LogP contribution in [0.4, 0.5) is 24.5 Å². The topological polar surface area (TPSA) is 121 Å². The van der Waals surface area contributed by atoms with Gasteiger partial charge in [-0.15, -0.1) is 0 Å². The number of alkyl halides is 3. The average molecular weight is 465 g/mol. The molecule has 0 saturated heterocycles. The molecule has 0 heterocycles. The third-order valence-corrected chi connectivity index (χ3v) is 6.56. The van der Waals surface area contributed by atoms with Crippen molar-refractivity contribution in [3.63, 3.8) is 0 Å². The van der Waals surface area contributed by atoms with Gasteiger partial charge in [0, 0.05) is 17.4 Å². The molecule has 2 aromatic carbocycles. The maximum Gasteiger partial charge on any atom is 0.471 e. The van der Waals surface area contributed by atoms with E-state index in [0.29, 0.717) is 0 Å². The van der Waals surface area contributed by atoms with Crippen molar-refractivity contribution in [2.75, 3.05) is 10.0 Å². The summed E-state index contributed by atoms with van der Waals surface area (Å²) >= 11 is 0. The molecule has 2 aromatic rings. The minimum atomic E-state index is -5.07. The minimum Gasteiger partial charge on any atom is -0.318 e. The number of benzene rings is 2. The van der Waals surface area contributed by atoms with Gasteiger partial charge in [0.05, 0.1) is 9.79 Å². The van der Waals surface area contributed by atoms with Crippen LogP contribution in [0.15, 0.2) is 58.3 Å². The molecular formula is C17H18F3N3O5S2. The normalized spacial score (nSPS) is 12.6. The molecule has 0 radical (unpaired) electrons. The lowest BCUT2D eigenvalue weighted by Gasteiger charge is -2.12. The number of anilines is 2. The first-order valence-corrected chi connectivity index (χ1v) is 11.3. The highest BCUT2D eigenvalue weighted by Gasteiger charge is 2.38. The predicted octanol–water partition coefficient (Wildman–Crippen LogP) is 2.67. The monoisotopic (exact) mass is 465 g/mol. The van der Waals surface area contributed by atoms with Gasteiger partial charge in [0.15, 0.2) is 0 Å². The van der Waals surface area contributed by atoms with E-state index in [1.54, 1.807) is 19.2 Å². The summed E-state index contributed by atoms with van der Waals surface area (Å²) in [5, 5.41) is 1.60. The highest BCUT2D eigenvalue weighted by molar-refractivity contribution is 7.92. The number of amides is 1. The van der Waals surface area contributed by atoms with Crippen molar-refractivity contribution in [2.24, 2.45) is 0 Å². The second kappa shape index (κ2) is 8.62. The van der Waals surface area contributed by atoms with Gasteiger partial charge in [-0.25, -0.2) is 21.6 Å². The van der Waals surface area contributed by atoms with Crippen molar-refractivity contribution < 1.29 is 34.8 Å². The summed E-state index contributed by atoms with van der Waals surface area (Å²) in [7, 11) is -7.84. The molecule has 0 spiro atoms. The number of carbonyl (C=O) groups excluding carboxylic acids is 1. The molecule has 0 aliphatic heterocycles. The van der Waals surface area contributed by atoms with Crippen molar-refractivity contribution in [3.8, 4) is 0 Å². The van der Waals surface area contributed by atoms with Gasteiger partial charge in [-0.05, 0) is 62.4 Å². The minimum absolute atomic E-state index is 0.0519. The first kappa shape index (κ1) is 23.6. The summed E-state index contributed by atoms with van der Waals surface area (Å²) in [6, 6.07) is 8.67. The Hall–Kier alpha value is -2.64. The standard InChI is InChI=1S/C17H18F3N3O5S2/c1-11(2)22-29(25,26)14-9-5-13(6-10-14)23-30(27,28)15-7-3-12(4-8-15)21-16(24)17(18,19)20/h3-11,22-23H,1-2H3,(H,21,24). The van der Waals surface area contributed by atoms with E-state index in [1.807, 2.05) is 0 Å². The zero-order valence-corrected chi connectivity index (χ0v) is 17.3. The lowest BCUT2D eigenvalue weighted by Crippen LogP contribution is -2.30. The van der Waals surface area contributed by atoms with Gasteiger partial charge in [0.2, 0.25) is 10.0 Å². The molecule has 8 nitrogen and oxygen atoms in total. The Morgan fingerprint density at radius 2 is 1.23 bits per heavy atom. The van der Waals surface area contributed by atoms with Gasteiger partial charge in [0.1, 0.15) is 0 Å². The number of nitrogens with one attached hydrogen (secondary N) is 3. The van der Waals surface area contributed by atoms with Crippen LogP contribution >= 0.6 is 0 Å². The summed E-state index contributed by atoms with van der Waals surface area (Å²) in [6.45, 7) is 3.31. The van der Waals surface area contributed by atoms with E-state index in [-0.39, 0.29) is 27.2 Å². The van der Waals surface area contributed by atoms with E-state index in [0.717, 1.165) is 24.3 Å². The first-order valence-electron chi connectivity index (χ1n) is 8.34. The molecule has 164 valence electrons. The van der Waals surface area contributed by atoms with Crippen LogP contribution in [0.2, 0.25) is 0 Å². The molecule has 13 heteroatoms. The van der Waals surface area contributed by atoms with Crippen LogP contribution in [-0.2, 0) is 24.8 Å². The number of carbonyl (C=O) groups is 1. The molecule has 0 unspecified atom stereocenters. The number of halogens is 3. The Kier molecular flexibility index (Phi) is 6.79. The molecule has 3 N–H and O–H groups in total. The Morgan fingerprint density at radius 1 is 0.800 bits per heavy atom. The van der Waals surface area contributed by atoms with Crippen LogP contribution in [0.5, 0.6) is 0 Å². The third-order valence-electron chi connectivity index (χ3n) is 3.49. The van der Waals surface area contributed by atoms with E-state index >= 15 is 0 Å². The first-order chi connectivity index (χ1) is 13.7. The fraction of sp³-hybridized carbons (Fsp3) is 0.235. The van der Waals surface area contributed by atoms with Crippen molar-refractivity contribution in [2.45, 2.75) is 35.9 Å². The van der Waals surface area contributed by atoms with Crippen molar-refractivity contribution in [1.82, 2.24) is 4.72 Å². The Labute approximate surface area is 171 Å². The van der Waals surface area contributed by atoms with E-state index in [4.69, 9.17) is 0 Å². The molecule has 0 bridgehead atoms. The van der Waals surface area contributed by atoms with Crippen LogP contribution in [0.1, 0.15) is 13.8 Å². The second-order valence-electron chi connectivity index (χ2n) is 6.38. The number of rotatable bonds is 7. The van der Waals surface area contributed by atoms with Crippen molar-refractivity contribution in [3.05, 3.63) is 48.5 Å². The molecule has 0 atom stereocenters. The van der Waals surface area contributed by atoms with Crippen LogP contribution in [-0.4, -0.2) is 35.0 Å². The summed E-state index contributed by atoms with van der Waals surface area (Å²) in [4.78, 5) is 10.6. The highest BCUT2D eigenvalue weighted by atomic mass is 32.2. The molecule has 0 fully saturated rings. The van der Waals surface area contributed by atoms with Crippen LogP contribution in [0.3, 0.4) is 0 Å². The predicted molar refractivity (Wildman–Crippen MR) is 104 cm³/mol. The molecule has 0 aliphatic rings. The van der Waals surface area contributed by atoms with Gasteiger partial charge in [-0.3, -0.25) is 9.52 Å². The summed E-state index contributed by atoms with van der Waals surface area (Å²) in [5.41, 5.74) is -0.156. The van der Waals surface area contributed by atoms with Crippen molar-refractivity contribution >= 4 is 37.3 Å². The number of sulfonamides is 2. The van der Waals surface area contributed by atoms with E-state index in [2.05, 4.69) is 9.44 Å². The molecular weight excluding hydrogens is 447 g/mol. The fourth-order valence-electron chi connectivity index (χ4n) is 2.21. The molecule has 0 aliphatic carbocycles. The quantitative estimate of drug-likeness (QED) is 0.581. The average Bonchev–Trinajstić information content (AvgIpc) is 2.60. The van der Waals surface area contributed by atoms with Gasteiger partial charge in [0.25, 0.3) is 10.0 Å². The second-order valence-corrected chi connectivity index (χ2v) is 9.78. The van der Waals surface area contributed by atoms with Gasteiger partial charge in [-0.2, -0.15) is 13.2 Å². The van der Waals surface area contributed by atoms with Gasteiger partial charge in [-0.1, -0.05) is 0 Å². The van der Waals surface area contributed by atoms with E-state index in [1.165, 1.54) is 24.3 Å². The zero-order valence-electron chi connectivity index (χ0n) is 15.7. The van der Waals surface area contributed by atoms with Crippen molar-refractivity contribution in [1.29, 1.82) is 0 Å². The Balaban J connectivity index is 2.14. The smallest absolute Gasteiger partial charge is 0.318 e. The van der Waals surface area contributed by atoms with E-state index < -0.39 is 32.1 Å². The fourth-order valence-corrected chi connectivity index (χ4v) is 4.52. The maximum atomic E-state index is 12.4. The Morgan fingerprint density at radius 3 is 1.67 bits per heavy atom. The number of hydrogen-bond acceptors (Lipinski definition) is 5. The molecule has 0 saturated carbocycles. The summed E-state index contributed by atoms with van der Waals surface area (Å²) in [6.07, 6.45) is -5.07. The van der Waals surface area contributed by atoms with Crippen LogP contribution in [0, 0.1) is 0 Å². The maximum absolute atomic E-state index is 12.4. The summed E-state index contributed by atoms with van der Waals surface area (Å²) in [5.74, 6) is -2.18. The van der Waals surface area contributed by atoms with Gasteiger partial charge < -0.3 is 5.32 Å². The Bertz CT molecular complexity index is 1110. The third kappa shape index (κ3) is 6.18. The largest absolute Gasteiger partial charge is 0.471 e. The SMILES string of the molecule is CC(C)NS(=O)(=O)c1ccc(NS(=O)(=O)c2ccc(NC(=O)C(F)(F)F)cc2)cc1. The lowest BCUT2D eigenvalue weighted by atomic mass is 10.3. The lowest BCUT2D eigenvalue weighted by molar-refractivity contribution is -0.167. The molecule has 0 aromatic heterocycles. The zero-order chi connectivity index (χ0) is 22.7. The highest BCUT2D eigenvalue weighted by Crippen LogP contribution is 2.22. The van der Waals surface area contributed by atoms with Crippen LogP contribution < -0.4 is 14.8 Å². The van der Waals surface area contributed by atoms with E-state index in [9.17, 15) is 34.8 Å². The molecule has 2 rings (SSSR count). The van der Waals surface area contributed by atoms with Crippen LogP contribution in [0.25, 0.3) is 0 Å². The molecule has 1 amide bonds. The molecule has 30 heavy (non-hydrogen) atoms. The van der Waals surface area contributed by atoms with Gasteiger partial charge >= 0.3 is 12.1 Å². The summed E-state index contributed by atoms with van der Waals surface area (Å²) < 4.78 is 90.4. The number of hydrogen-bond donors (Lipinski definition) is 3.